The van der Waals surface area contributed by atoms with Crippen molar-refractivity contribution in [1.82, 2.24) is 14.7 Å². The first-order valence-corrected chi connectivity index (χ1v) is 7.42. The van der Waals surface area contributed by atoms with Crippen LogP contribution in [0.25, 0.3) is 0 Å². The van der Waals surface area contributed by atoms with Crippen LogP contribution < -0.4 is 0 Å². The monoisotopic (exact) mass is 324 g/mol. The van der Waals surface area contributed by atoms with Gasteiger partial charge in [-0.05, 0) is 19.8 Å². The third-order valence-electron chi connectivity index (χ3n) is 4.60. The van der Waals surface area contributed by atoms with Crippen LogP contribution in [-0.2, 0) is 11.8 Å². The van der Waals surface area contributed by atoms with Gasteiger partial charge in [0.1, 0.15) is 11.2 Å². The van der Waals surface area contributed by atoms with Crippen LogP contribution >= 0.6 is 0 Å². The average molecular weight is 324 g/mol. The fourth-order valence-corrected chi connectivity index (χ4v) is 3.29. The number of likely N-dealkylation sites (N-methyl/N-ethyl adjacent to an activating group) is 1. The lowest BCUT2D eigenvalue weighted by Gasteiger charge is -2.40. The molecule has 0 aromatic carbocycles. The summed E-state index contributed by atoms with van der Waals surface area (Å²) in [6.07, 6.45) is 3.01. The fraction of sp³-hybridized carbons (Fsp3) is 0.643. The molecule has 0 unspecified atom stereocenters. The highest BCUT2D eigenvalue weighted by molar-refractivity contribution is 5.99. The number of carbonyl (C=O) groups is 2. The molecular formula is C14H20N4O5. The summed E-state index contributed by atoms with van der Waals surface area (Å²) in [6.45, 7) is 1.45. The van der Waals surface area contributed by atoms with Gasteiger partial charge in [-0.15, -0.1) is 0 Å². The Balaban J connectivity index is 2.47. The van der Waals surface area contributed by atoms with E-state index in [1.54, 1.807) is 0 Å². The van der Waals surface area contributed by atoms with Crippen LogP contribution in [0.5, 0.6) is 0 Å². The topological polar surface area (TPSA) is 119 Å². The number of aromatic nitrogens is 2. The van der Waals surface area contributed by atoms with E-state index in [0.717, 1.165) is 16.0 Å². The van der Waals surface area contributed by atoms with Crippen molar-refractivity contribution in [1.29, 1.82) is 0 Å². The molecule has 1 aliphatic rings. The Hall–Kier alpha value is -2.45. The molecule has 0 atom stereocenters. The lowest BCUT2D eigenvalue weighted by Crippen LogP contribution is -2.56. The normalized spacial score (nSPS) is 16.8. The number of aliphatic carboxylic acids is 1. The van der Waals surface area contributed by atoms with Crippen molar-refractivity contribution in [2.45, 2.75) is 44.6 Å². The summed E-state index contributed by atoms with van der Waals surface area (Å²) < 4.78 is 1.14. The number of hydrogen-bond acceptors (Lipinski definition) is 5. The molecule has 23 heavy (non-hydrogen) atoms. The van der Waals surface area contributed by atoms with Crippen molar-refractivity contribution >= 4 is 17.6 Å². The number of aryl methyl sites for hydroxylation is 2. The Morgan fingerprint density at radius 1 is 1.35 bits per heavy atom. The first kappa shape index (κ1) is 16.9. The SMILES string of the molecule is Cc1nn(C)c(C(=O)N(C)C2(C(=O)O)CCCCC2)c1[N+](=O)[O-]. The number of rotatable bonds is 4. The maximum atomic E-state index is 12.8. The number of hydrogen-bond donors (Lipinski definition) is 1. The van der Waals surface area contributed by atoms with Gasteiger partial charge in [-0.1, -0.05) is 19.3 Å². The minimum atomic E-state index is -1.32. The van der Waals surface area contributed by atoms with Crippen LogP contribution in [0, 0.1) is 17.0 Å². The summed E-state index contributed by atoms with van der Waals surface area (Å²) in [5.74, 6) is -1.77. The van der Waals surface area contributed by atoms with Crippen molar-refractivity contribution in [3.05, 3.63) is 21.5 Å². The van der Waals surface area contributed by atoms with E-state index in [1.807, 2.05) is 0 Å². The Morgan fingerprint density at radius 3 is 2.39 bits per heavy atom. The van der Waals surface area contributed by atoms with Gasteiger partial charge in [-0.3, -0.25) is 19.6 Å². The zero-order chi connectivity index (χ0) is 17.4. The minimum absolute atomic E-state index is 0.127. The van der Waals surface area contributed by atoms with E-state index in [9.17, 15) is 24.8 Å². The first-order valence-electron chi connectivity index (χ1n) is 7.42. The fourth-order valence-electron chi connectivity index (χ4n) is 3.29. The second-order valence-corrected chi connectivity index (χ2v) is 5.92. The van der Waals surface area contributed by atoms with Crippen LogP contribution in [0.3, 0.4) is 0 Å². The number of nitrogens with zero attached hydrogens (tertiary/aromatic N) is 4. The van der Waals surface area contributed by atoms with Crippen LogP contribution in [-0.4, -0.2) is 49.2 Å². The van der Waals surface area contributed by atoms with Crippen molar-refractivity contribution in [2.24, 2.45) is 7.05 Å². The zero-order valence-corrected chi connectivity index (χ0v) is 13.4. The molecule has 126 valence electrons. The van der Waals surface area contributed by atoms with Gasteiger partial charge in [0.25, 0.3) is 5.91 Å². The maximum absolute atomic E-state index is 12.8. The number of carbonyl (C=O) groups excluding carboxylic acids is 1. The molecule has 1 fully saturated rings. The van der Waals surface area contributed by atoms with Gasteiger partial charge >= 0.3 is 11.7 Å². The minimum Gasteiger partial charge on any atom is -0.479 e. The van der Waals surface area contributed by atoms with Crippen LogP contribution in [0.1, 0.15) is 48.3 Å². The van der Waals surface area contributed by atoms with Gasteiger partial charge in [0.05, 0.1) is 4.92 Å². The van der Waals surface area contributed by atoms with Crippen molar-refractivity contribution in [3.8, 4) is 0 Å². The number of amides is 1. The Kier molecular flexibility index (Phi) is 4.39. The smallest absolute Gasteiger partial charge is 0.329 e. The summed E-state index contributed by atoms with van der Waals surface area (Å²) in [7, 11) is 2.84. The molecule has 0 radical (unpaired) electrons. The highest BCUT2D eigenvalue weighted by atomic mass is 16.6. The molecule has 1 aromatic rings. The third-order valence-corrected chi connectivity index (χ3v) is 4.60. The molecular weight excluding hydrogens is 304 g/mol. The van der Waals surface area contributed by atoms with Crippen LogP contribution in [0.2, 0.25) is 0 Å². The van der Waals surface area contributed by atoms with Gasteiger partial charge in [0.2, 0.25) is 5.69 Å². The molecule has 0 spiro atoms. The molecule has 0 bridgehead atoms. The van der Waals surface area contributed by atoms with E-state index < -0.39 is 22.3 Å². The highest BCUT2D eigenvalue weighted by Gasteiger charge is 2.47. The van der Waals surface area contributed by atoms with E-state index in [2.05, 4.69) is 5.10 Å². The second kappa shape index (κ2) is 5.98. The molecule has 2 rings (SSSR count). The van der Waals surface area contributed by atoms with Crippen molar-refractivity contribution < 1.29 is 19.6 Å². The molecule has 1 N–H and O–H groups in total. The molecule has 1 amide bonds. The van der Waals surface area contributed by atoms with Crippen LogP contribution in [0.15, 0.2) is 0 Å². The largest absolute Gasteiger partial charge is 0.479 e. The third kappa shape index (κ3) is 2.66. The molecule has 1 heterocycles. The zero-order valence-electron chi connectivity index (χ0n) is 13.4. The molecule has 0 saturated heterocycles. The summed E-state index contributed by atoms with van der Waals surface area (Å²) in [4.78, 5) is 36.3. The first-order chi connectivity index (χ1) is 10.7. The lowest BCUT2D eigenvalue weighted by molar-refractivity contribution is -0.385. The van der Waals surface area contributed by atoms with E-state index >= 15 is 0 Å². The lowest BCUT2D eigenvalue weighted by atomic mass is 9.80. The van der Waals surface area contributed by atoms with Crippen molar-refractivity contribution in [2.75, 3.05) is 7.05 Å². The van der Waals surface area contributed by atoms with Crippen molar-refractivity contribution in [3.63, 3.8) is 0 Å². The molecule has 9 heteroatoms. The molecule has 1 aromatic heterocycles. The van der Waals surface area contributed by atoms with Crippen LogP contribution in [0.4, 0.5) is 5.69 Å². The van der Waals surface area contributed by atoms with E-state index in [1.165, 1.54) is 21.0 Å². The van der Waals surface area contributed by atoms with Gasteiger partial charge in [-0.2, -0.15) is 5.10 Å². The standard InChI is InChI=1S/C14H20N4O5/c1-9-10(18(22)23)11(17(3)15-9)12(19)16(2)14(13(20)21)7-5-4-6-8-14/h4-8H2,1-3H3,(H,20,21). The Bertz CT molecular complexity index is 660. The second-order valence-electron chi connectivity index (χ2n) is 5.92. The van der Waals surface area contributed by atoms with Gasteiger partial charge in [0.15, 0.2) is 0 Å². The molecule has 1 saturated carbocycles. The van der Waals surface area contributed by atoms with Gasteiger partial charge in [-0.25, -0.2) is 4.79 Å². The van der Waals surface area contributed by atoms with E-state index in [0.29, 0.717) is 25.7 Å². The highest BCUT2D eigenvalue weighted by Crippen LogP contribution is 2.35. The quantitative estimate of drug-likeness (QED) is 0.662. The summed E-state index contributed by atoms with van der Waals surface area (Å²) in [5, 5.41) is 24.8. The number of nitro groups is 1. The number of carboxylic acid groups (broad SMARTS) is 1. The maximum Gasteiger partial charge on any atom is 0.329 e. The predicted octanol–water partition coefficient (Wildman–Crippen LogP) is 1.50. The van der Waals surface area contributed by atoms with Gasteiger partial charge in [0, 0.05) is 14.1 Å². The van der Waals surface area contributed by atoms with Gasteiger partial charge < -0.3 is 10.0 Å². The Morgan fingerprint density at radius 2 is 1.91 bits per heavy atom. The predicted molar refractivity (Wildman–Crippen MR) is 80.1 cm³/mol. The Labute approximate surface area is 133 Å². The molecule has 9 nitrogen and oxygen atoms in total. The molecule has 0 aliphatic heterocycles. The summed E-state index contributed by atoms with van der Waals surface area (Å²) in [5.41, 5.74) is -1.76. The van der Waals surface area contributed by atoms with E-state index in [-0.39, 0.29) is 17.1 Å². The summed E-state index contributed by atoms with van der Waals surface area (Å²) >= 11 is 0. The molecule has 1 aliphatic carbocycles. The average Bonchev–Trinajstić information content (AvgIpc) is 2.80. The van der Waals surface area contributed by atoms with E-state index in [4.69, 9.17) is 0 Å². The summed E-state index contributed by atoms with van der Waals surface area (Å²) in [6, 6.07) is 0. The number of carboxylic acids is 1.